The summed E-state index contributed by atoms with van der Waals surface area (Å²) in [6, 6.07) is 4.95. The molecular weight excluding hydrogens is 519 g/mol. The molecule has 0 amide bonds. The minimum atomic E-state index is -4.55. The Bertz CT molecular complexity index is 1360. The molecule has 3 aromatic heterocycles. The van der Waals surface area contributed by atoms with Crippen molar-refractivity contribution in [3.8, 4) is 5.88 Å². The number of thioether (sulfide) groups is 1. The number of hydrogen-bond acceptors (Lipinski definition) is 9. The van der Waals surface area contributed by atoms with E-state index in [0.717, 1.165) is 0 Å². The average Bonchev–Trinajstić information content (AvgIpc) is 2.79. The summed E-state index contributed by atoms with van der Waals surface area (Å²) in [6.07, 6.45) is -1.73. The molecule has 0 radical (unpaired) electrons. The molecule has 1 aliphatic rings. The van der Waals surface area contributed by atoms with Crippen molar-refractivity contribution in [2.45, 2.75) is 64.0 Å². The summed E-state index contributed by atoms with van der Waals surface area (Å²) in [5.41, 5.74) is 6.46. The van der Waals surface area contributed by atoms with Gasteiger partial charge in [-0.25, -0.2) is 19.7 Å². The molecule has 1 atom stereocenters. The largest absolute Gasteiger partial charge is 0.464 e. The maximum Gasteiger partial charge on any atom is 0.425 e. The standard InChI is InChI=1S/C26H30F3N5O3S/c1-24(2)11-18-14(23(35)37-24)6-7-20(33-18)34-21-10-15-16(12-31-21)22(32-13-17(15)25(3,4)30)36-19(8-9-38-5)26(27,28)29/h6-7,10,12-13,19H,8-9,11,30H2,1-5H3,(H,31,33,34). The Labute approximate surface area is 222 Å². The van der Waals surface area contributed by atoms with Crippen LogP contribution >= 0.6 is 11.8 Å². The van der Waals surface area contributed by atoms with E-state index >= 15 is 0 Å². The minimum Gasteiger partial charge on any atom is -0.464 e. The van der Waals surface area contributed by atoms with Crippen molar-refractivity contribution in [3.05, 3.63) is 47.4 Å². The van der Waals surface area contributed by atoms with Crippen molar-refractivity contribution >= 4 is 40.1 Å². The Kier molecular flexibility index (Phi) is 7.50. The van der Waals surface area contributed by atoms with E-state index in [1.807, 2.05) is 13.8 Å². The van der Waals surface area contributed by atoms with Crippen LogP contribution in [-0.4, -0.2) is 50.8 Å². The summed E-state index contributed by atoms with van der Waals surface area (Å²) < 4.78 is 51.8. The van der Waals surface area contributed by atoms with Gasteiger partial charge in [0.1, 0.15) is 17.2 Å². The lowest BCUT2D eigenvalue weighted by Crippen LogP contribution is -2.36. The number of alkyl halides is 3. The number of aromatic nitrogens is 3. The zero-order valence-electron chi connectivity index (χ0n) is 21.8. The SMILES string of the molecule is CSCCC(Oc1ncc(C(C)(C)N)c2cc(Nc3ccc4c(n3)CC(C)(C)OC4=O)ncc12)C(F)(F)F. The maximum absolute atomic E-state index is 13.7. The van der Waals surface area contributed by atoms with Crippen molar-refractivity contribution in [1.29, 1.82) is 0 Å². The molecule has 0 bridgehead atoms. The molecule has 1 unspecified atom stereocenters. The van der Waals surface area contributed by atoms with Crippen LogP contribution < -0.4 is 15.8 Å². The summed E-state index contributed by atoms with van der Waals surface area (Å²) >= 11 is 1.31. The van der Waals surface area contributed by atoms with Crippen LogP contribution in [0.15, 0.2) is 30.6 Å². The Balaban J connectivity index is 1.72. The number of pyridine rings is 3. The molecular formula is C26H30F3N5O3S. The fourth-order valence-electron chi connectivity index (χ4n) is 4.20. The van der Waals surface area contributed by atoms with Gasteiger partial charge < -0.3 is 20.5 Å². The zero-order chi connectivity index (χ0) is 27.9. The van der Waals surface area contributed by atoms with Crippen LogP contribution in [0.4, 0.5) is 24.8 Å². The second kappa shape index (κ2) is 10.2. The highest BCUT2D eigenvalue weighted by Gasteiger charge is 2.42. The van der Waals surface area contributed by atoms with E-state index in [9.17, 15) is 18.0 Å². The quantitative estimate of drug-likeness (QED) is 0.351. The van der Waals surface area contributed by atoms with Crippen molar-refractivity contribution in [3.63, 3.8) is 0 Å². The van der Waals surface area contributed by atoms with Crippen LogP contribution in [0.3, 0.4) is 0 Å². The Hall–Kier alpha value is -3.12. The third-order valence-electron chi connectivity index (χ3n) is 6.05. The number of fused-ring (bicyclic) bond motifs is 2. The topological polar surface area (TPSA) is 112 Å². The summed E-state index contributed by atoms with van der Waals surface area (Å²) in [5, 5.41) is 3.98. The van der Waals surface area contributed by atoms with Gasteiger partial charge in [0.05, 0.1) is 16.6 Å². The summed E-state index contributed by atoms with van der Waals surface area (Å²) in [4.78, 5) is 25.4. The highest BCUT2D eigenvalue weighted by Crippen LogP contribution is 2.36. The van der Waals surface area contributed by atoms with Gasteiger partial charge >= 0.3 is 12.1 Å². The molecule has 4 rings (SSSR count). The van der Waals surface area contributed by atoms with Gasteiger partial charge in [0.15, 0.2) is 6.10 Å². The van der Waals surface area contributed by atoms with Crippen LogP contribution in [0.25, 0.3) is 10.8 Å². The van der Waals surface area contributed by atoms with Crippen LogP contribution in [0.1, 0.15) is 55.7 Å². The Morgan fingerprint density at radius 2 is 1.92 bits per heavy atom. The van der Waals surface area contributed by atoms with Crippen LogP contribution in [-0.2, 0) is 16.7 Å². The lowest BCUT2D eigenvalue weighted by molar-refractivity contribution is -0.195. The number of ether oxygens (including phenoxy) is 2. The predicted octanol–water partition coefficient (Wildman–Crippen LogP) is 5.52. The molecule has 204 valence electrons. The second-order valence-electron chi connectivity index (χ2n) is 10.4. The van der Waals surface area contributed by atoms with Gasteiger partial charge in [-0.1, -0.05) is 0 Å². The molecule has 38 heavy (non-hydrogen) atoms. The number of carbonyl (C=O) groups excluding carboxylic acids is 1. The van der Waals surface area contributed by atoms with E-state index in [2.05, 4.69) is 20.3 Å². The first kappa shape index (κ1) is 27.9. The molecule has 0 saturated carbocycles. The molecule has 1 aliphatic heterocycles. The molecule has 4 heterocycles. The molecule has 0 spiro atoms. The normalized spacial score (nSPS) is 16.1. The first-order chi connectivity index (χ1) is 17.7. The van der Waals surface area contributed by atoms with Crippen LogP contribution in [0.2, 0.25) is 0 Å². The fraction of sp³-hybridized carbons (Fsp3) is 0.462. The van der Waals surface area contributed by atoms with E-state index in [0.29, 0.717) is 45.6 Å². The summed E-state index contributed by atoms with van der Waals surface area (Å²) in [7, 11) is 0. The van der Waals surface area contributed by atoms with E-state index in [1.165, 1.54) is 24.2 Å². The molecule has 0 saturated heterocycles. The third kappa shape index (κ3) is 6.12. The predicted molar refractivity (Wildman–Crippen MR) is 141 cm³/mol. The van der Waals surface area contributed by atoms with Gasteiger partial charge in [-0.15, -0.1) is 0 Å². The molecule has 3 aromatic rings. The van der Waals surface area contributed by atoms with Gasteiger partial charge in [0, 0.05) is 30.8 Å². The Morgan fingerprint density at radius 3 is 2.58 bits per heavy atom. The number of cyclic esters (lactones) is 1. The van der Waals surface area contributed by atoms with Gasteiger partial charge in [-0.3, -0.25) is 0 Å². The number of halogens is 3. The van der Waals surface area contributed by atoms with Crippen molar-refractivity contribution < 1.29 is 27.4 Å². The van der Waals surface area contributed by atoms with Crippen molar-refractivity contribution in [2.75, 3.05) is 17.3 Å². The number of rotatable bonds is 8. The molecule has 0 aromatic carbocycles. The molecule has 0 aliphatic carbocycles. The number of nitrogens with one attached hydrogen (secondary N) is 1. The average molecular weight is 550 g/mol. The van der Waals surface area contributed by atoms with Gasteiger partial charge in [0.25, 0.3) is 0 Å². The third-order valence-corrected chi connectivity index (χ3v) is 6.69. The molecule has 3 N–H and O–H groups in total. The van der Waals surface area contributed by atoms with E-state index in [1.54, 1.807) is 38.3 Å². The van der Waals surface area contributed by atoms with Gasteiger partial charge in [-0.05, 0) is 68.9 Å². The first-order valence-corrected chi connectivity index (χ1v) is 13.4. The zero-order valence-corrected chi connectivity index (χ0v) is 22.6. The van der Waals surface area contributed by atoms with Crippen molar-refractivity contribution in [1.82, 2.24) is 15.0 Å². The number of carbonyl (C=O) groups is 1. The fourth-order valence-corrected chi connectivity index (χ4v) is 4.65. The Morgan fingerprint density at radius 1 is 1.18 bits per heavy atom. The lowest BCUT2D eigenvalue weighted by Gasteiger charge is -2.30. The van der Waals surface area contributed by atoms with Crippen molar-refractivity contribution in [2.24, 2.45) is 5.73 Å². The molecule has 0 fully saturated rings. The van der Waals surface area contributed by atoms with E-state index in [-0.39, 0.29) is 18.1 Å². The van der Waals surface area contributed by atoms with Gasteiger partial charge in [0.2, 0.25) is 5.88 Å². The van der Waals surface area contributed by atoms with Gasteiger partial charge in [-0.2, -0.15) is 24.9 Å². The first-order valence-electron chi connectivity index (χ1n) is 12.0. The molecule has 12 heteroatoms. The summed E-state index contributed by atoms with van der Waals surface area (Å²) in [6.45, 7) is 7.18. The summed E-state index contributed by atoms with van der Waals surface area (Å²) in [5.74, 6) is 0.534. The number of nitrogens with two attached hydrogens (primary N) is 1. The number of anilines is 2. The maximum atomic E-state index is 13.7. The van der Waals surface area contributed by atoms with E-state index in [4.69, 9.17) is 15.2 Å². The lowest BCUT2D eigenvalue weighted by atomic mass is 9.93. The number of nitrogens with zero attached hydrogens (tertiary/aromatic N) is 3. The number of hydrogen-bond donors (Lipinski definition) is 2. The smallest absolute Gasteiger partial charge is 0.425 e. The molecule has 8 nitrogen and oxygen atoms in total. The highest BCUT2D eigenvalue weighted by molar-refractivity contribution is 7.98. The highest BCUT2D eigenvalue weighted by atomic mass is 32.2. The number of esters is 1. The monoisotopic (exact) mass is 549 g/mol. The second-order valence-corrected chi connectivity index (χ2v) is 11.4. The minimum absolute atomic E-state index is 0.164. The van der Waals surface area contributed by atoms with Crippen LogP contribution in [0, 0.1) is 0 Å². The van der Waals surface area contributed by atoms with Crippen LogP contribution in [0.5, 0.6) is 5.88 Å². The van der Waals surface area contributed by atoms with E-state index < -0.39 is 29.4 Å².